The lowest BCUT2D eigenvalue weighted by molar-refractivity contribution is -0.157. The standard InChI is InChI=1S/C69H103N17O26/c1-6-33(3)15-10-8-9-11-19-50(90)77-41(23-36-29-73-38-17-13-12-16-37(36)38)62(104)80-43(25-49(72)89)64(106)84-46(28-56(99)100)66(108)86-58-35(5)112-69(111)57(34(4)7-2)85-61(103)40(20-21-53(93)94)79-67(109)47(32-87)78-52(92)30-74-59(101)44(26-54(95)96)82-63(105)42(24-48(71)88)81-65(107)45(27-55(97)98)83-60(102)39(18-14-22-70)76-51(91)31-75-68(58)110/h12-13,16-17,29,33-35,39-47,57-58,73,87H,6-11,14-15,18-28,30-32,70H2,1-5H3,(H2,71,88)(H2,72,89)(H,74,101)(H,75,110)(H,76,91)(H,77,90)(H,78,92)(H,79,109)(H,80,104)(H,81,107)(H,82,105)(H,83,102)(H,84,106)(H,85,103)(H,86,108)(H,93,94)(H,95,96)(H,97,98)(H,99,100). The molecule has 14 atom stereocenters. The predicted molar refractivity (Wildman–Crippen MR) is 388 cm³/mol. The van der Waals surface area contributed by atoms with Crippen molar-refractivity contribution in [2.45, 2.75) is 223 Å². The third-order valence-electron chi connectivity index (χ3n) is 17.8. The number of ether oxygens (including phenoxy) is 1. The van der Waals surface area contributed by atoms with Crippen LogP contribution in [0.1, 0.15) is 149 Å². The Morgan fingerprint density at radius 1 is 0.536 bits per heavy atom. The maximum atomic E-state index is 14.6. The molecular formula is C69H103N17O26. The largest absolute Gasteiger partial charge is 0.481 e. The zero-order chi connectivity index (χ0) is 84.1. The van der Waals surface area contributed by atoms with E-state index in [1.165, 1.54) is 13.8 Å². The molecule has 1 aromatic heterocycles. The van der Waals surface area contributed by atoms with Gasteiger partial charge in [0.15, 0.2) is 0 Å². The minimum absolute atomic E-state index is 0.00553. The number of amides is 15. The summed E-state index contributed by atoms with van der Waals surface area (Å²) in [6.07, 6.45) is -4.02. The van der Waals surface area contributed by atoms with Crippen molar-refractivity contribution in [3.05, 3.63) is 36.0 Å². The topological polar surface area (TPSA) is 702 Å². The number of H-pyrrole nitrogens is 1. The van der Waals surface area contributed by atoms with E-state index in [9.17, 15) is 121 Å². The molecule has 112 heavy (non-hydrogen) atoms. The molecule has 620 valence electrons. The van der Waals surface area contributed by atoms with Crippen molar-refractivity contribution in [2.24, 2.45) is 29.0 Å². The number of rotatable bonds is 36. The van der Waals surface area contributed by atoms with Gasteiger partial charge < -0.3 is 122 Å². The third-order valence-corrected chi connectivity index (χ3v) is 17.8. The Labute approximate surface area is 641 Å². The number of aliphatic hydroxyl groups excluding tert-OH is 1. The van der Waals surface area contributed by atoms with E-state index < -0.39 is 268 Å². The number of unbranched alkanes of at least 4 members (excludes halogenated alkanes) is 3. The van der Waals surface area contributed by atoms with Crippen molar-refractivity contribution in [1.29, 1.82) is 0 Å². The van der Waals surface area contributed by atoms with Crippen LogP contribution in [-0.2, 0) is 107 Å². The number of aromatic nitrogens is 1. The highest BCUT2D eigenvalue weighted by Crippen LogP contribution is 2.21. The van der Waals surface area contributed by atoms with E-state index in [1.54, 1.807) is 30.5 Å². The van der Waals surface area contributed by atoms with Crippen molar-refractivity contribution in [3.8, 4) is 0 Å². The number of aliphatic carboxylic acids is 4. The van der Waals surface area contributed by atoms with Crippen LogP contribution in [0.4, 0.5) is 0 Å². The van der Waals surface area contributed by atoms with Crippen molar-refractivity contribution in [1.82, 2.24) is 74.1 Å². The molecular weight excluding hydrogens is 1480 g/mol. The number of carboxylic acid groups (broad SMARTS) is 4. The summed E-state index contributed by atoms with van der Waals surface area (Å²) in [5.41, 5.74) is 17.8. The fourth-order valence-electron chi connectivity index (χ4n) is 11.2. The number of hydrogen-bond acceptors (Lipinski definition) is 23. The Morgan fingerprint density at radius 3 is 1.61 bits per heavy atom. The number of para-hydroxylation sites is 1. The number of carboxylic acids is 4. The first kappa shape index (κ1) is 94.3. The summed E-state index contributed by atoms with van der Waals surface area (Å²) in [5.74, 6) is -28.8. The molecule has 14 unspecified atom stereocenters. The van der Waals surface area contributed by atoms with Gasteiger partial charge in [0.25, 0.3) is 0 Å². The number of esters is 1. The smallest absolute Gasteiger partial charge is 0.329 e. The summed E-state index contributed by atoms with van der Waals surface area (Å²) in [6.45, 7) is 4.20. The maximum Gasteiger partial charge on any atom is 0.329 e. The number of nitrogens with two attached hydrogens (primary N) is 3. The molecule has 0 bridgehead atoms. The highest BCUT2D eigenvalue weighted by Gasteiger charge is 2.41. The molecule has 1 aliphatic heterocycles. The molecule has 25 N–H and O–H groups in total. The molecule has 1 aliphatic rings. The number of aromatic amines is 1. The first-order valence-electron chi connectivity index (χ1n) is 36.2. The first-order chi connectivity index (χ1) is 52.8. The maximum absolute atomic E-state index is 14.6. The van der Waals surface area contributed by atoms with E-state index in [-0.39, 0.29) is 32.2 Å². The van der Waals surface area contributed by atoms with E-state index in [2.05, 4.69) is 66.7 Å². The Kier molecular flexibility index (Phi) is 40.3. The van der Waals surface area contributed by atoms with Crippen LogP contribution in [0.25, 0.3) is 10.9 Å². The lowest BCUT2D eigenvalue weighted by atomic mass is 9.98. The number of carbonyl (C=O) groups excluding carboxylic acids is 16. The number of benzene rings is 1. The summed E-state index contributed by atoms with van der Waals surface area (Å²) in [5, 5.41) is 78.2. The molecule has 2 heterocycles. The average molecular weight is 1590 g/mol. The number of nitrogens with one attached hydrogen (secondary N) is 14. The fourth-order valence-corrected chi connectivity index (χ4v) is 11.2. The zero-order valence-corrected chi connectivity index (χ0v) is 62.6. The highest BCUT2D eigenvalue weighted by molar-refractivity contribution is 6.02. The van der Waals surface area contributed by atoms with Crippen LogP contribution in [0.3, 0.4) is 0 Å². The molecule has 0 aliphatic carbocycles. The van der Waals surface area contributed by atoms with E-state index >= 15 is 0 Å². The molecule has 1 fully saturated rings. The SMILES string of the molecule is CCC(C)CCCCCCC(=O)NC(Cc1c[nH]c2ccccc12)C(=O)NC(CC(N)=O)C(=O)NC(CC(=O)O)C(=O)NC1C(=O)NCC(=O)NC(CCCN)C(=O)NC(CC(=O)O)C(=O)NC(CC(N)=O)C(=O)NC(CC(=O)O)C(=O)NCC(=O)NC(CO)C(=O)NC(CCC(=O)O)C(=O)NC(C(C)CC)C(=O)OC1C. The van der Waals surface area contributed by atoms with Gasteiger partial charge in [-0.05, 0) is 62.6 Å². The summed E-state index contributed by atoms with van der Waals surface area (Å²) in [6, 6.07) is -15.5. The Bertz CT molecular complexity index is 3720. The van der Waals surface area contributed by atoms with Crippen LogP contribution >= 0.6 is 0 Å². The molecule has 1 saturated heterocycles. The van der Waals surface area contributed by atoms with Gasteiger partial charge in [-0.15, -0.1) is 0 Å². The van der Waals surface area contributed by atoms with E-state index in [4.69, 9.17) is 21.9 Å². The van der Waals surface area contributed by atoms with Gasteiger partial charge in [-0.1, -0.05) is 84.4 Å². The average Bonchev–Trinajstić information content (AvgIpc) is 1.57. The molecule has 0 spiro atoms. The number of primary amides is 2. The van der Waals surface area contributed by atoms with Gasteiger partial charge in [0.05, 0.1) is 51.8 Å². The Balaban J connectivity index is 2.21. The van der Waals surface area contributed by atoms with Gasteiger partial charge in [0.2, 0.25) is 88.6 Å². The summed E-state index contributed by atoms with van der Waals surface area (Å²) < 4.78 is 5.69. The van der Waals surface area contributed by atoms with Crippen molar-refractivity contribution in [3.63, 3.8) is 0 Å². The van der Waals surface area contributed by atoms with Crippen LogP contribution in [0.15, 0.2) is 30.5 Å². The fraction of sp³-hybridized carbons (Fsp3) is 0.594. The third kappa shape index (κ3) is 33.5. The van der Waals surface area contributed by atoms with E-state index in [0.29, 0.717) is 35.2 Å². The Morgan fingerprint density at radius 2 is 1.05 bits per heavy atom. The quantitative estimate of drug-likeness (QED) is 0.0223. The molecule has 0 radical (unpaired) electrons. The van der Waals surface area contributed by atoms with Crippen LogP contribution in [0.2, 0.25) is 0 Å². The lowest BCUT2D eigenvalue weighted by Gasteiger charge is -2.30. The second kappa shape index (κ2) is 47.9. The zero-order valence-electron chi connectivity index (χ0n) is 62.6. The van der Waals surface area contributed by atoms with Gasteiger partial charge in [-0.25, -0.2) is 4.79 Å². The molecule has 1 aromatic carbocycles. The summed E-state index contributed by atoms with van der Waals surface area (Å²) in [7, 11) is 0. The lowest BCUT2D eigenvalue weighted by Crippen LogP contribution is -2.62. The highest BCUT2D eigenvalue weighted by atomic mass is 16.5. The van der Waals surface area contributed by atoms with Gasteiger partial charge in [0, 0.05) is 36.4 Å². The van der Waals surface area contributed by atoms with Crippen LogP contribution in [0.5, 0.6) is 0 Å². The monoisotopic (exact) mass is 1590 g/mol. The number of aliphatic hydroxyl groups is 1. The molecule has 3 rings (SSSR count). The number of hydrogen-bond donors (Lipinski definition) is 22. The second-order valence-electron chi connectivity index (χ2n) is 26.9. The van der Waals surface area contributed by atoms with Crippen molar-refractivity contribution >= 4 is 129 Å². The molecule has 2 aromatic rings. The van der Waals surface area contributed by atoms with Crippen molar-refractivity contribution in [2.75, 3.05) is 26.2 Å². The van der Waals surface area contributed by atoms with E-state index in [1.807, 2.05) is 21.3 Å². The molecule has 0 saturated carbocycles. The second-order valence-corrected chi connectivity index (χ2v) is 26.9. The summed E-state index contributed by atoms with van der Waals surface area (Å²) in [4.78, 5) is 273. The van der Waals surface area contributed by atoms with Gasteiger partial charge in [-0.3, -0.25) is 91.1 Å². The van der Waals surface area contributed by atoms with Crippen LogP contribution in [-0.4, -0.2) is 248 Å². The number of carbonyl (C=O) groups is 20. The Hall–Kier alpha value is -11.9. The normalized spacial score (nSPS) is 21.8. The minimum atomic E-state index is -2.34. The minimum Gasteiger partial charge on any atom is -0.481 e. The number of fused-ring (bicyclic) bond motifs is 1. The predicted octanol–water partition coefficient (Wildman–Crippen LogP) is -6.58. The first-order valence-corrected chi connectivity index (χ1v) is 36.2. The van der Waals surface area contributed by atoms with Crippen LogP contribution < -0.4 is 86.3 Å². The molecule has 43 heteroatoms. The van der Waals surface area contributed by atoms with Crippen molar-refractivity contribution < 1.29 is 126 Å². The molecule has 15 amide bonds. The number of cyclic esters (lactones) is 1. The summed E-state index contributed by atoms with van der Waals surface area (Å²) >= 11 is 0. The van der Waals surface area contributed by atoms with Gasteiger partial charge >= 0.3 is 29.8 Å². The molecule has 43 nitrogen and oxygen atoms in total. The van der Waals surface area contributed by atoms with Crippen LogP contribution in [0, 0.1) is 11.8 Å². The van der Waals surface area contributed by atoms with Gasteiger partial charge in [0.1, 0.15) is 72.6 Å². The van der Waals surface area contributed by atoms with E-state index in [0.717, 1.165) is 32.6 Å². The van der Waals surface area contributed by atoms with Gasteiger partial charge in [-0.2, -0.15) is 0 Å².